The lowest BCUT2D eigenvalue weighted by Crippen LogP contribution is -2.00. The number of nitrogens with one attached hydrogen (secondary N) is 1. The van der Waals surface area contributed by atoms with Crippen LogP contribution in [0.3, 0.4) is 0 Å². The summed E-state index contributed by atoms with van der Waals surface area (Å²) in [6, 6.07) is 12.2. The molecule has 21 heavy (non-hydrogen) atoms. The fourth-order valence-electron chi connectivity index (χ4n) is 2.21. The van der Waals surface area contributed by atoms with Crippen LogP contribution in [0.15, 0.2) is 59.5 Å². The van der Waals surface area contributed by atoms with Crippen molar-refractivity contribution in [3.05, 3.63) is 65.0 Å². The van der Waals surface area contributed by atoms with E-state index in [1.807, 2.05) is 48.4 Å². The lowest BCUT2D eigenvalue weighted by atomic mass is 10.1. The number of halogens is 1. The topological polar surface area (TPSA) is 42.7 Å². The number of pyridine rings is 1. The third kappa shape index (κ3) is 3.31. The van der Waals surface area contributed by atoms with Crippen LogP contribution < -0.4 is 5.32 Å². The summed E-state index contributed by atoms with van der Waals surface area (Å²) in [4.78, 5) is 4.15. The van der Waals surface area contributed by atoms with Crippen molar-refractivity contribution >= 4 is 21.6 Å². The summed E-state index contributed by atoms with van der Waals surface area (Å²) >= 11 is 3.42. The molecule has 0 radical (unpaired) electrons. The summed E-state index contributed by atoms with van der Waals surface area (Å²) in [5.41, 5.74) is 4.27. The molecule has 0 aliphatic heterocycles. The lowest BCUT2D eigenvalue weighted by molar-refractivity contribution is 0.770. The van der Waals surface area contributed by atoms with Crippen LogP contribution in [-0.4, -0.2) is 14.8 Å². The third-order valence-electron chi connectivity index (χ3n) is 3.14. The van der Waals surface area contributed by atoms with Crippen LogP contribution in [0.1, 0.15) is 5.56 Å². The molecule has 2 aromatic heterocycles. The van der Waals surface area contributed by atoms with E-state index in [4.69, 9.17) is 0 Å². The fourth-order valence-corrected chi connectivity index (χ4v) is 2.58. The Morgan fingerprint density at radius 1 is 1.19 bits per heavy atom. The van der Waals surface area contributed by atoms with E-state index in [1.165, 1.54) is 0 Å². The maximum atomic E-state index is 4.56. The predicted octanol–water partition coefficient (Wildman–Crippen LogP) is 3.86. The largest absolute Gasteiger partial charge is 0.380 e. The highest BCUT2D eigenvalue weighted by Crippen LogP contribution is 2.23. The van der Waals surface area contributed by atoms with Gasteiger partial charge in [0, 0.05) is 41.6 Å². The highest BCUT2D eigenvalue weighted by Gasteiger charge is 2.09. The summed E-state index contributed by atoms with van der Waals surface area (Å²) in [6.07, 6.45) is 5.62. The summed E-state index contributed by atoms with van der Waals surface area (Å²) in [6.45, 7) is 0.705. The average molecular weight is 343 g/mol. The Morgan fingerprint density at radius 3 is 2.76 bits per heavy atom. The van der Waals surface area contributed by atoms with E-state index in [0.29, 0.717) is 6.54 Å². The molecule has 0 aliphatic rings. The maximum absolute atomic E-state index is 4.56. The third-order valence-corrected chi connectivity index (χ3v) is 3.57. The number of aryl methyl sites for hydroxylation is 1. The second-order valence-corrected chi connectivity index (χ2v) is 5.70. The van der Waals surface area contributed by atoms with Crippen LogP contribution in [0.2, 0.25) is 0 Å². The molecule has 2 heterocycles. The Morgan fingerprint density at radius 2 is 2.00 bits per heavy atom. The van der Waals surface area contributed by atoms with Gasteiger partial charge in [-0.05, 0) is 22.0 Å². The molecule has 0 saturated carbocycles. The van der Waals surface area contributed by atoms with E-state index in [9.17, 15) is 0 Å². The van der Waals surface area contributed by atoms with Crippen molar-refractivity contribution in [2.45, 2.75) is 6.54 Å². The second-order valence-electron chi connectivity index (χ2n) is 4.79. The van der Waals surface area contributed by atoms with Crippen LogP contribution in [0.4, 0.5) is 5.69 Å². The van der Waals surface area contributed by atoms with Crippen molar-refractivity contribution in [3.63, 3.8) is 0 Å². The quantitative estimate of drug-likeness (QED) is 0.782. The van der Waals surface area contributed by atoms with Gasteiger partial charge in [0.1, 0.15) is 0 Å². The first-order chi connectivity index (χ1) is 10.2. The first-order valence-corrected chi connectivity index (χ1v) is 7.44. The monoisotopic (exact) mass is 342 g/mol. The number of rotatable bonds is 4. The van der Waals surface area contributed by atoms with Crippen LogP contribution >= 0.6 is 15.9 Å². The Labute approximate surface area is 132 Å². The number of hydrogen-bond acceptors (Lipinski definition) is 3. The number of hydrogen-bond donors (Lipinski definition) is 1. The maximum Gasteiger partial charge on any atom is 0.0972 e. The molecule has 0 bridgehead atoms. The minimum atomic E-state index is 0.705. The second kappa shape index (κ2) is 6.10. The van der Waals surface area contributed by atoms with Crippen molar-refractivity contribution in [3.8, 4) is 11.3 Å². The molecule has 5 heteroatoms. The molecule has 0 aliphatic carbocycles. The van der Waals surface area contributed by atoms with Gasteiger partial charge in [0.25, 0.3) is 0 Å². The molecular weight excluding hydrogens is 328 g/mol. The van der Waals surface area contributed by atoms with E-state index in [0.717, 1.165) is 27.0 Å². The SMILES string of the molecule is Cn1cc(CNc2cncc(Br)c2)c(-c2ccccc2)n1. The Bertz CT molecular complexity index is 737. The van der Waals surface area contributed by atoms with Gasteiger partial charge < -0.3 is 5.32 Å². The highest BCUT2D eigenvalue weighted by atomic mass is 79.9. The molecule has 106 valence electrons. The summed E-state index contributed by atoms with van der Waals surface area (Å²) in [7, 11) is 1.94. The number of nitrogens with zero attached hydrogens (tertiary/aromatic N) is 3. The van der Waals surface area contributed by atoms with Crippen LogP contribution in [0.5, 0.6) is 0 Å². The van der Waals surface area contributed by atoms with Gasteiger partial charge in [0.15, 0.2) is 0 Å². The van der Waals surface area contributed by atoms with Crippen molar-refractivity contribution < 1.29 is 0 Å². The summed E-state index contributed by atoms with van der Waals surface area (Å²) < 4.78 is 2.81. The molecule has 0 spiro atoms. The van der Waals surface area contributed by atoms with Gasteiger partial charge in [0.2, 0.25) is 0 Å². The lowest BCUT2D eigenvalue weighted by Gasteiger charge is -2.06. The normalized spacial score (nSPS) is 10.6. The zero-order chi connectivity index (χ0) is 14.7. The van der Waals surface area contributed by atoms with Gasteiger partial charge in [-0.1, -0.05) is 30.3 Å². The van der Waals surface area contributed by atoms with Crippen molar-refractivity contribution in [1.29, 1.82) is 0 Å². The molecule has 0 fully saturated rings. The van der Waals surface area contributed by atoms with Gasteiger partial charge in [-0.3, -0.25) is 9.67 Å². The molecule has 3 rings (SSSR count). The van der Waals surface area contributed by atoms with Gasteiger partial charge in [-0.25, -0.2) is 0 Å². The van der Waals surface area contributed by atoms with E-state index in [2.05, 4.69) is 43.5 Å². The Hall–Kier alpha value is -2.14. The molecule has 1 aromatic carbocycles. The van der Waals surface area contributed by atoms with Gasteiger partial charge in [-0.2, -0.15) is 5.10 Å². The van der Waals surface area contributed by atoms with Crippen molar-refractivity contribution in [1.82, 2.24) is 14.8 Å². The van der Waals surface area contributed by atoms with E-state index >= 15 is 0 Å². The van der Waals surface area contributed by atoms with Crippen molar-refractivity contribution in [2.75, 3.05) is 5.32 Å². The highest BCUT2D eigenvalue weighted by molar-refractivity contribution is 9.10. The Balaban J connectivity index is 1.83. The average Bonchev–Trinajstić information content (AvgIpc) is 2.87. The van der Waals surface area contributed by atoms with Gasteiger partial charge >= 0.3 is 0 Å². The van der Waals surface area contributed by atoms with Crippen molar-refractivity contribution in [2.24, 2.45) is 7.05 Å². The molecule has 1 N–H and O–H groups in total. The molecule has 0 unspecified atom stereocenters. The van der Waals surface area contributed by atoms with Gasteiger partial charge in [-0.15, -0.1) is 0 Å². The van der Waals surface area contributed by atoms with Crippen LogP contribution in [-0.2, 0) is 13.6 Å². The Kier molecular flexibility index (Phi) is 4.01. The zero-order valence-electron chi connectivity index (χ0n) is 11.6. The minimum absolute atomic E-state index is 0.705. The molecule has 3 aromatic rings. The first-order valence-electron chi connectivity index (χ1n) is 6.65. The number of anilines is 1. The smallest absolute Gasteiger partial charge is 0.0972 e. The molecule has 4 nitrogen and oxygen atoms in total. The van der Waals surface area contributed by atoms with E-state index in [-0.39, 0.29) is 0 Å². The molecule has 0 atom stereocenters. The minimum Gasteiger partial charge on any atom is -0.380 e. The van der Waals surface area contributed by atoms with E-state index < -0.39 is 0 Å². The summed E-state index contributed by atoms with van der Waals surface area (Å²) in [5.74, 6) is 0. The fraction of sp³-hybridized carbons (Fsp3) is 0.125. The zero-order valence-corrected chi connectivity index (χ0v) is 13.2. The predicted molar refractivity (Wildman–Crippen MR) is 87.9 cm³/mol. The van der Waals surface area contributed by atoms with E-state index in [1.54, 1.807) is 6.20 Å². The van der Waals surface area contributed by atoms with Crippen LogP contribution in [0, 0.1) is 0 Å². The number of aromatic nitrogens is 3. The molecule has 0 saturated heterocycles. The van der Waals surface area contributed by atoms with Gasteiger partial charge in [0.05, 0.1) is 17.6 Å². The number of benzene rings is 1. The standard InChI is InChI=1S/C16H15BrN4/c1-21-11-13(8-19-15-7-14(17)9-18-10-15)16(20-21)12-5-3-2-4-6-12/h2-7,9-11,19H,8H2,1H3. The summed E-state index contributed by atoms with van der Waals surface area (Å²) in [5, 5.41) is 7.94. The molecule has 0 amide bonds. The first kappa shape index (κ1) is 13.8. The van der Waals surface area contributed by atoms with Crippen LogP contribution in [0.25, 0.3) is 11.3 Å². The molecular formula is C16H15BrN4.